The Balaban J connectivity index is 8.41. The first kappa shape index (κ1) is 105. The second-order valence-corrected chi connectivity index (χ2v) is 32.0. The Bertz CT molecular complexity index is 2070. The molecule has 0 saturated heterocycles. The number of aliphatic hydroxyl groups is 6. The van der Waals surface area contributed by atoms with Gasteiger partial charge in [0.15, 0.2) is 0 Å². The topological polar surface area (TPSA) is 279 Å². The lowest BCUT2D eigenvalue weighted by atomic mass is 9.78. The zero-order valence-electron chi connectivity index (χ0n) is 70.6. The molecule has 0 saturated carbocycles. The number of rotatable bonds is 83. The van der Waals surface area contributed by atoms with E-state index in [1.54, 1.807) is 0 Å². The summed E-state index contributed by atoms with van der Waals surface area (Å²) >= 11 is 0. The summed E-state index contributed by atoms with van der Waals surface area (Å²) in [5.74, 6) is -20.3. The largest absolute Gasteiger partial charge is 0.447 e. The van der Waals surface area contributed by atoms with Gasteiger partial charge in [-0.15, -0.1) is 0 Å². The SMILES string of the molecule is CCCCCCCCCCCCCCCC(=O)OC(O)(CO)C(O)(OC(=O)CCCCCCCCCCCCCCC)OC(=O)C(OC(=O)CCCCCCCCCCC)(OC(=O)CCCCCCCCCCC)C(CCCCCCCCCCCCC)(OC(=O)CCCCCCCCCCC)C(O)C(O)CO. The highest BCUT2D eigenvalue weighted by atomic mass is 16.9. The van der Waals surface area contributed by atoms with Gasteiger partial charge >= 0.3 is 53.4 Å². The predicted molar refractivity (Wildman–Crippen MR) is 435 cm³/mol. The molecule has 0 amide bonds. The van der Waals surface area contributed by atoms with E-state index in [9.17, 15) is 40.2 Å². The van der Waals surface area contributed by atoms with E-state index in [1.807, 2.05) is 0 Å². The van der Waals surface area contributed by atoms with Gasteiger partial charge in [0.1, 0.15) is 18.8 Å². The number of aliphatic hydroxyl groups excluding tert-OH is 4. The van der Waals surface area contributed by atoms with E-state index < -0.39 is 110 Å². The van der Waals surface area contributed by atoms with Gasteiger partial charge in [-0.2, -0.15) is 0 Å². The molecule has 0 aromatic carbocycles. The van der Waals surface area contributed by atoms with Crippen LogP contribution in [0, 0.1) is 0 Å². The number of esters is 6. The van der Waals surface area contributed by atoms with Crippen LogP contribution in [0.4, 0.5) is 0 Å². The molecule has 108 heavy (non-hydrogen) atoms. The van der Waals surface area contributed by atoms with Crippen LogP contribution in [0.5, 0.6) is 0 Å². The van der Waals surface area contributed by atoms with Gasteiger partial charge in [0.05, 0.1) is 6.61 Å². The van der Waals surface area contributed by atoms with Gasteiger partial charge in [0.2, 0.25) is 5.60 Å². The van der Waals surface area contributed by atoms with E-state index in [0.29, 0.717) is 44.9 Å². The van der Waals surface area contributed by atoms with Crippen molar-refractivity contribution < 1.29 is 87.8 Å². The smallest absolute Gasteiger partial charge is 0.446 e. The van der Waals surface area contributed by atoms with Crippen molar-refractivity contribution in [1.29, 1.82) is 0 Å². The van der Waals surface area contributed by atoms with Crippen molar-refractivity contribution in [2.75, 3.05) is 13.2 Å². The van der Waals surface area contributed by atoms with Crippen molar-refractivity contribution in [3.63, 3.8) is 0 Å². The second kappa shape index (κ2) is 72.5. The first-order valence-corrected chi connectivity index (χ1v) is 45.8. The van der Waals surface area contributed by atoms with E-state index in [0.717, 1.165) is 244 Å². The quantitative estimate of drug-likeness (QED) is 0.0143. The Hall–Kier alpha value is -3.42. The van der Waals surface area contributed by atoms with Crippen molar-refractivity contribution >= 4 is 35.8 Å². The standard InChI is InChI=1S/C90H170O18/c1-7-13-19-25-31-37-40-42-44-50-56-60-66-72-81(95)104-88(101,78-92)90(102,107-84(98)75-69-63-57-51-45-43-41-38-32-26-20-14-8-2)108-86(100)89(105-82(96)73-67-61-54-48-35-29-23-17-11-5,106-83(97)74-68-62-55-49-36-30-24-18-12-6)87(85(99)79(93)77-91,76-70-64-58-52-46-39-33-27-21-15-9-3)103-80(94)71-65-59-53-47-34-28-22-16-10-4/h79,85,91-93,99,101-102H,7-78H2,1-6H3. The molecule has 0 aliphatic rings. The van der Waals surface area contributed by atoms with Crippen LogP contribution < -0.4 is 0 Å². The predicted octanol–water partition coefficient (Wildman–Crippen LogP) is 23.1. The molecule has 5 atom stereocenters. The zero-order valence-corrected chi connectivity index (χ0v) is 70.6. The van der Waals surface area contributed by atoms with Crippen LogP contribution in [-0.4, -0.2) is 115 Å². The summed E-state index contributed by atoms with van der Waals surface area (Å²) in [6, 6.07) is 0. The molecule has 0 radical (unpaired) electrons. The number of ether oxygens (including phenoxy) is 6. The van der Waals surface area contributed by atoms with E-state index in [1.165, 1.54) is 83.5 Å². The molecule has 5 unspecified atom stereocenters. The molecule has 0 spiro atoms. The minimum atomic E-state index is -4.28. The van der Waals surface area contributed by atoms with Gasteiger partial charge in [-0.05, 0) is 44.9 Å². The number of hydrogen-bond acceptors (Lipinski definition) is 18. The maximum Gasteiger partial charge on any atom is 0.446 e. The molecule has 0 aliphatic heterocycles. The normalized spacial score (nSPS) is 14.0. The highest BCUT2D eigenvalue weighted by Crippen LogP contribution is 2.45. The molecule has 0 aromatic heterocycles. The second-order valence-electron chi connectivity index (χ2n) is 32.0. The number of unbranched alkanes of at least 4 members (excludes halogenated alkanes) is 58. The summed E-state index contributed by atoms with van der Waals surface area (Å²) in [6.07, 6.45) is 50.8. The van der Waals surface area contributed by atoms with E-state index >= 15 is 19.2 Å². The minimum Gasteiger partial charge on any atom is -0.447 e. The van der Waals surface area contributed by atoms with Gasteiger partial charge in [-0.1, -0.05) is 414 Å². The molecule has 638 valence electrons. The highest BCUT2D eigenvalue weighted by molar-refractivity contribution is 5.88. The lowest BCUT2D eigenvalue weighted by Gasteiger charge is -2.49. The molecule has 6 N–H and O–H groups in total. The molecular weight excluding hydrogens is 1370 g/mol. The maximum absolute atomic E-state index is 16.6. The average Bonchev–Trinajstić information content (AvgIpc) is 0.722. The van der Waals surface area contributed by atoms with Crippen LogP contribution in [0.2, 0.25) is 0 Å². The highest BCUT2D eigenvalue weighted by Gasteiger charge is 2.74. The summed E-state index contributed by atoms with van der Waals surface area (Å²) in [5, 5.41) is 72.9. The van der Waals surface area contributed by atoms with Crippen LogP contribution in [0.3, 0.4) is 0 Å². The minimum absolute atomic E-state index is 0.0621. The van der Waals surface area contributed by atoms with Crippen LogP contribution >= 0.6 is 0 Å². The molecule has 0 rings (SSSR count). The molecule has 0 aromatic rings. The first-order chi connectivity index (χ1) is 52.4. The first-order valence-electron chi connectivity index (χ1n) is 45.8. The molecule has 18 heteroatoms. The van der Waals surface area contributed by atoms with Gasteiger partial charge in [0.25, 0.3) is 0 Å². The Morgan fingerprint density at radius 2 is 0.463 bits per heavy atom. The number of hydrogen-bond donors (Lipinski definition) is 6. The summed E-state index contributed by atoms with van der Waals surface area (Å²) < 4.78 is 36.2. The van der Waals surface area contributed by atoms with Gasteiger partial charge < -0.3 is 59.1 Å². The molecule has 0 heterocycles. The van der Waals surface area contributed by atoms with Crippen molar-refractivity contribution in [2.45, 2.75) is 526 Å². The fourth-order valence-corrected chi connectivity index (χ4v) is 14.6. The Morgan fingerprint density at radius 1 is 0.259 bits per heavy atom. The van der Waals surface area contributed by atoms with Gasteiger partial charge in [-0.3, -0.25) is 24.0 Å². The van der Waals surface area contributed by atoms with E-state index in [2.05, 4.69) is 41.5 Å². The summed E-state index contributed by atoms with van der Waals surface area (Å²) in [5.41, 5.74) is -3.26. The zero-order chi connectivity index (χ0) is 79.8. The molecule has 0 aliphatic carbocycles. The number of carbonyl (C=O) groups excluding carboxylic acids is 6. The number of carbonyl (C=O) groups is 6. The third kappa shape index (κ3) is 52.1. The van der Waals surface area contributed by atoms with Gasteiger partial charge in [0, 0.05) is 32.1 Å². The summed E-state index contributed by atoms with van der Waals surface area (Å²) in [6.45, 7) is 10.0. The Morgan fingerprint density at radius 3 is 0.694 bits per heavy atom. The molecule has 0 bridgehead atoms. The molecule has 18 nitrogen and oxygen atoms in total. The van der Waals surface area contributed by atoms with Crippen LogP contribution in [0.25, 0.3) is 0 Å². The third-order valence-corrected chi connectivity index (χ3v) is 21.7. The monoisotopic (exact) mass is 1540 g/mol. The van der Waals surface area contributed by atoms with Crippen LogP contribution in [0.1, 0.15) is 491 Å². The van der Waals surface area contributed by atoms with Gasteiger partial charge in [-0.25, -0.2) is 4.79 Å². The lowest BCUT2D eigenvalue weighted by Crippen LogP contribution is -2.74. The van der Waals surface area contributed by atoms with Crippen molar-refractivity contribution in [3.8, 4) is 0 Å². The summed E-state index contributed by atoms with van der Waals surface area (Å²) in [7, 11) is 0. The Kier molecular flexibility index (Phi) is 70.2. The summed E-state index contributed by atoms with van der Waals surface area (Å²) in [4.78, 5) is 90.4. The Labute approximate surface area is 660 Å². The average molecular weight is 1540 g/mol. The third-order valence-electron chi connectivity index (χ3n) is 21.7. The van der Waals surface area contributed by atoms with E-state index in [-0.39, 0.29) is 51.4 Å². The molecule has 0 fully saturated rings. The van der Waals surface area contributed by atoms with Crippen LogP contribution in [0.15, 0.2) is 0 Å². The van der Waals surface area contributed by atoms with E-state index in [4.69, 9.17) is 28.4 Å². The molecular formula is C90H170O18. The van der Waals surface area contributed by atoms with Crippen LogP contribution in [-0.2, 0) is 57.2 Å². The van der Waals surface area contributed by atoms with Crippen molar-refractivity contribution in [3.05, 3.63) is 0 Å². The van der Waals surface area contributed by atoms with Crippen molar-refractivity contribution in [1.82, 2.24) is 0 Å². The lowest BCUT2D eigenvalue weighted by molar-refractivity contribution is -0.454. The fourth-order valence-electron chi connectivity index (χ4n) is 14.6. The van der Waals surface area contributed by atoms with Crippen molar-refractivity contribution in [2.24, 2.45) is 0 Å². The maximum atomic E-state index is 16.6. The fraction of sp³-hybridized carbons (Fsp3) is 0.933.